The van der Waals surface area contributed by atoms with Crippen molar-refractivity contribution in [2.45, 2.75) is 11.3 Å². The number of hydrogen-bond donors (Lipinski definition) is 2. The Morgan fingerprint density at radius 1 is 1.09 bits per heavy atom. The molecular weight excluding hydrogens is 320 g/mol. The molecule has 0 aromatic heterocycles. The second kappa shape index (κ2) is 7.87. The van der Waals surface area contributed by atoms with Crippen LogP contribution in [0.2, 0.25) is 5.02 Å². The molecule has 22 heavy (non-hydrogen) atoms. The third kappa shape index (κ3) is 4.51. The highest BCUT2D eigenvalue weighted by molar-refractivity contribution is 7.98. The molecule has 6 heteroatoms. The third-order valence-corrected chi connectivity index (χ3v) is 4.00. The van der Waals surface area contributed by atoms with Gasteiger partial charge in [0.15, 0.2) is 0 Å². The van der Waals surface area contributed by atoms with Gasteiger partial charge in [-0.1, -0.05) is 41.9 Å². The van der Waals surface area contributed by atoms with Gasteiger partial charge in [-0.05, 0) is 30.0 Å². The van der Waals surface area contributed by atoms with Gasteiger partial charge in [-0.15, -0.1) is 11.8 Å². The van der Waals surface area contributed by atoms with E-state index in [-0.39, 0.29) is 12.3 Å². The maximum atomic E-state index is 12.1. The van der Waals surface area contributed by atoms with E-state index in [4.69, 9.17) is 11.6 Å². The lowest BCUT2D eigenvalue weighted by molar-refractivity contribution is -0.121. The van der Waals surface area contributed by atoms with Crippen LogP contribution in [0.4, 0.5) is 0 Å². The summed E-state index contributed by atoms with van der Waals surface area (Å²) in [5.41, 5.74) is 5.97. The quantitative estimate of drug-likeness (QED) is 0.667. The Labute approximate surface area is 138 Å². The Balaban J connectivity index is 1.94. The molecule has 2 aromatic rings. The molecule has 2 aromatic carbocycles. The van der Waals surface area contributed by atoms with Gasteiger partial charge in [0.05, 0.1) is 17.0 Å². The van der Waals surface area contributed by atoms with Gasteiger partial charge in [-0.2, -0.15) is 0 Å². The average Bonchev–Trinajstić information content (AvgIpc) is 2.54. The lowest BCUT2D eigenvalue weighted by Gasteiger charge is -2.09. The Bertz CT molecular complexity index is 677. The van der Waals surface area contributed by atoms with E-state index >= 15 is 0 Å². The van der Waals surface area contributed by atoms with Gasteiger partial charge < -0.3 is 0 Å². The van der Waals surface area contributed by atoms with Gasteiger partial charge in [-0.25, -0.2) is 0 Å². The SMILES string of the molecule is CSc1ccc(Cl)c(C(=O)NNC(=O)Cc2ccccc2)c1. The Morgan fingerprint density at radius 2 is 1.82 bits per heavy atom. The van der Waals surface area contributed by atoms with Crippen molar-refractivity contribution in [3.63, 3.8) is 0 Å². The van der Waals surface area contributed by atoms with E-state index in [0.29, 0.717) is 10.6 Å². The van der Waals surface area contributed by atoms with Crippen LogP contribution in [0.3, 0.4) is 0 Å². The normalized spacial score (nSPS) is 10.1. The van der Waals surface area contributed by atoms with Crippen LogP contribution in [0, 0.1) is 0 Å². The molecular formula is C16H15ClN2O2S. The molecule has 0 saturated carbocycles. The molecule has 2 amide bonds. The van der Waals surface area contributed by atoms with Crippen molar-refractivity contribution in [3.8, 4) is 0 Å². The molecule has 0 fully saturated rings. The maximum Gasteiger partial charge on any atom is 0.271 e. The van der Waals surface area contributed by atoms with Crippen LogP contribution in [0.25, 0.3) is 0 Å². The number of carbonyl (C=O) groups is 2. The number of rotatable bonds is 4. The Morgan fingerprint density at radius 3 is 2.50 bits per heavy atom. The molecule has 0 bridgehead atoms. The summed E-state index contributed by atoms with van der Waals surface area (Å²) in [6.07, 6.45) is 2.10. The zero-order valence-electron chi connectivity index (χ0n) is 11.9. The van der Waals surface area contributed by atoms with E-state index in [2.05, 4.69) is 10.9 Å². The van der Waals surface area contributed by atoms with Crippen LogP contribution >= 0.6 is 23.4 Å². The fourth-order valence-electron chi connectivity index (χ4n) is 1.82. The number of hydrazine groups is 1. The highest BCUT2D eigenvalue weighted by Gasteiger charge is 2.12. The zero-order chi connectivity index (χ0) is 15.9. The number of halogens is 1. The molecule has 0 aliphatic heterocycles. The first-order valence-electron chi connectivity index (χ1n) is 6.57. The van der Waals surface area contributed by atoms with Gasteiger partial charge in [0.1, 0.15) is 0 Å². The largest absolute Gasteiger partial charge is 0.273 e. The predicted octanol–water partition coefficient (Wildman–Crippen LogP) is 3.07. The van der Waals surface area contributed by atoms with Crippen LogP contribution in [0.1, 0.15) is 15.9 Å². The molecule has 0 heterocycles. The highest BCUT2D eigenvalue weighted by Crippen LogP contribution is 2.22. The molecule has 0 unspecified atom stereocenters. The molecule has 0 saturated heterocycles. The van der Waals surface area contributed by atoms with E-state index in [1.54, 1.807) is 12.1 Å². The van der Waals surface area contributed by atoms with Crippen LogP contribution in [-0.4, -0.2) is 18.1 Å². The van der Waals surface area contributed by atoms with Crippen molar-refractivity contribution >= 4 is 35.2 Å². The summed E-state index contributed by atoms with van der Waals surface area (Å²) in [5.74, 6) is -0.737. The number of benzene rings is 2. The summed E-state index contributed by atoms with van der Waals surface area (Å²) in [6.45, 7) is 0. The molecule has 0 spiro atoms. The summed E-state index contributed by atoms with van der Waals surface area (Å²) in [6, 6.07) is 14.5. The van der Waals surface area contributed by atoms with Crippen molar-refractivity contribution in [2.75, 3.05) is 6.26 Å². The van der Waals surface area contributed by atoms with Gasteiger partial charge >= 0.3 is 0 Å². The second-order valence-electron chi connectivity index (χ2n) is 4.51. The van der Waals surface area contributed by atoms with Gasteiger partial charge in [0.2, 0.25) is 5.91 Å². The monoisotopic (exact) mass is 334 g/mol. The summed E-state index contributed by atoms with van der Waals surface area (Å²) < 4.78 is 0. The highest BCUT2D eigenvalue weighted by atomic mass is 35.5. The third-order valence-electron chi connectivity index (χ3n) is 2.94. The van der Waals surface area contributed by atoms with E-state index in [1.807, 2.05) is 42.7 Å². The van der Waals surface area contributed by atoms with Crippen molar-refractivity contribution in [1.82, 2.24) is 10.9 Å². The minimum Gasteiger partial charge on any atom is -0.273 e. The summed E-state index contributed by atoms with van der Waals surface area (Å²) in [7, 11) is 0. The maximum absolute atomic E-state index is 12.1. The van der Waals surface area contributed by atoms with Crippen LogP contribution < -0.4 is 10.9 Å². The summed E-state index contributed by atoms with van der Waals surface area (Å²) in [4.78, 5) is 24.8. The summed E-state index contributed by atoms with van der Waals surface area (Å²) in [5, 5.41) is 0.340. The number of hydrogen-bond acceptors (Lipinski definition) is 3. The summed E-state index contributed by atoms with van der Waals surface area (Å²) >= 11 is 7.52. The van der Waals surface area contributed by atoms with Crippen LogP contribution in [0.5, 0.6) is 0 Å². The molecule has 0 aliphatic rings. The van der Waals surface area contributed by atoms with Crippen LogP contribution in [0.15, 0.2) is 53.4 Å². The molecule has 2 rings (SSSR count). The molecule has 2 N–H and O–H groups in total. The minimum absolute atomic E-state index is 0.194. The van der Waals surface area contributed by atoms with E-state index < -0.39 is 5.91 Å². The van der Waals surface area contributed by atoms with Gasteiger partial charge in [-0.3, -0.25) is 20.4 Å². The van der Waals surface area contributed by atoms with Crippen molar-refractivity contribution in [3.05, 3.63) is 64.7 Å². The lowest BCUT2D eigenvalue weighted by Crippen LogP contribution is -2.42. The minimum atomic E-state index is -0.442. The van der Waals surface area contributed by atoms with Gasteiger partial charge in [0.25, 0.3) is 5.91 Å². The topological polar surface area (TPSA) is 58.2 Å². The van der Waals surface area contributed by atoms with Crippen molar-refractivity contribution in [2.24, 2.45) is 0 Å². The number of amides is 2. The zero-order valence-corrected chi connectivity index (χ0v) is 13.5. The molecule has 114 valence electrons. The Hall–Kier alpha value is -1.98. The van der Waals surface area contributed by atoms with Crippen molar-refractivity contribution < 1.29 is 9.59 Å². The molecule has 4 nitrogen and oxygen atoms in total. The van der Waals surface area contributed by atoms with E-state index in [0.717, 1.165) is 10.5 Å². The fourth-order valence-corrected chi connectivity index (χ4v) is 2.47. The van der Waals surface area contributed by atoms with E-state index in [1.165, 1.54) is 11.8 Å². The molecule has 0 radical (unpaired) electrons. The van der Waals surface area contributed by atoms with E-state index in [9.17, 15) is 9.59 Å². The van der Waals surface area contributed by atoms with Crippen LogP contribution in [-0.2, 0) is 11.2 Å². The second-order valence-corrected chi connectivity index (χ2v) is 5.80. The van der Waals surface area contributed by atoms with Crippen molar-refractivity contribution in [1.29, 1.82) is 0 Å². The lowest BCUT2D eigenvalue weighted by atomic mass is 10.1. The first-order chi connectivity index (χ1) is 10.6. The standard InChI is InChI=1S/C16H15ClN2O2S/c1-22-12-7-8-14(17)13(10-12)16(21)19-18-15(20)9-11-5-3-2-4-6-11/h2-8,10H,9H2,1H3,(H,18,20)(H,19,21). The predicted molar refractivity (Wildman–Crippen MR) is 89.0 cm³/mol. The number of nitrogens with one attached hydrogen (secondary N) is 2. The first-order valence-corrected chi connectivity index (χ1v) is 8.17. The van der Waals surface area contributed by atoms with Gasteiger partial charge in [0, 0.05) is 4.90 Å². The smallest absolute Gasteiger partial charge is 0.271 e. The number of carbonyl (C=O) groups excluding carboxylic acids is 2. The molecule has 0 atom stereocenters. The fraction of sp³-hybridized carbons (Fsp3) is 0.125. The Kier molecular flexibility index (Phi) is 5.86. The number of thioether (sulfide) groups is 1. The average molecular weight is 335 g/mol. The molecule has 0 aliphatic carbocycles. The first kappa shape index (κ1) is 16.4.